The first-order valence-electron chi connectivity index (χ1n) is 6.44. The molecule has 0 saturated heterocycles. The lowest BCUT2D eigenvalue weighted by Gasteiger charge is -2.10. The molecule has 0 aromatic heterocycles. The van der Waals surface area contributed by atoms with Crippen LogP contribution in [0.1, 0.15) is 0 Å². The fraction of sp³-hybridized carbons (Fsp3) is 0.133. The zero-order valence-electron chi connectivity index (χ0n) is 12.1. The molecule has 0 unspecified atom stereocenters. The van der Waals surface area contributed by atoms with Gasteiger partial charge >= 0.3 is 0 Å². The Morgan fingerprint density at radius 1 is 1.00 bits per heavy atom. The molecule has 9 heteroatoms. The topological polar surface area (TPSA) is 38.3 Å². The van der Waals surface area contributed by atoms with Crippen LogP contribution >= 0.6 is 11.8 Å². The lowest BCUT2D eigenvalue weighted by atomic mass is 10.3. The van der Waals surface area contributed by atoms with Crippen molar-refractivity contribution in [3.63, 3.8) is 0 Å². The summed E-state index contributed by atoms with van der Waals surface area (Å²) < 4.78 is 71.1. The molecule has 2 aromatic rings. The molecule has 24 heavy (non-hydrogen) atoms. The number of anilines is 1. The third kappa shape index (κ3) is 3.61. The van der Waals surface area contributed by atoms with Gasteiger partial charge in [0.15, 0.2) is 23.3 Å². The van der Waals surface area contributed by atoms with Crippen molar-refractivity contribution < 1.29 is 31.5 Å². The fourth-order valence-corrected chi connectivity index (χ4v) is 2.56. The number of thioether (sulfide) groups is 1. The second-order valence-electron chi connectivity index (χ2n) is 4.44. The van der Waals surface area contributed by atoms with Gasteiger partial charge in [-0.05, 0) is 12.1 Å². The minimum absolute atomic E-state index is 0.202. The Bertz CT molecular complexity index is 756. The highest BCUT2D eigenvalue weighted by atomic mass is 32.2. The molecule has 0 saturated carbocycles. The van der Waals surface area contributed by atoms with Crippen LogP contribution in [0.3, 0.4) is 0 Å². The summed E-state index contributed by atoms with van der Waals surface area (Å²) in [5.74, 6) is -11.2. The monoisotopic (exact) mass is 363 g/mol. The molecule has 0 spiro atoms. The number of hydrogen-bond acceptors (Lipinski definition) is 3. The number of carbonyl (C=O) groups is 1. The maximum atomic E-state index is 13.5. The van der Waals surface area contributed by atoms with E-state index in [0.29, 0.717) is 11.4 Å². The molecule has 0 fully saturated rings. The van der Waals surface area contributed by atoms with Crippen LogP contribution < -0.4 is 10.1 Å². The maximum absolute atomic E-state index is 13.5. The minimum atomic E-state index is -2.24. The predicted molar refractivity (Wildman–Crippen MR) is 78.6 cm³/mol. The van der Waals surface area contributed by atoms with Gasteiger partial charge in [0.25, 0.3) is 0 Å². The van der Waals surface area contributed by atoms with Gasteiger partial charge in [-0.1, -0.05) is 12.1 Å². The quantitative estimate of drug-likeness (QED) is 0.376. The van der Waals surface area contributed by atoms with E-state index in [1.807, 2.05) is 0 Å². The summed E-state index contributed by atoms with van der Waals surface area (Å²) in [6.07, 6.45) is 0. The Hall–Kier alpha value is -2.29. The molecule has 0 aliphatic carbocycles. The molecule has 128 valence electrons. The molecule has 2 aromatic carbocycles. The molecule has 0 aliphatic heterocycles. The SMILES string of the molecule is COc1ccccc1NC(=O)CSc1c(F)c(F)c(F)c(F)c1F. The molecule has 1 amide bonds. The summed E-state index contributed by atoms with van der Waals surface area (Å²) in [4.78, 5) is 10.7. The Labute approximate surface area is 137 Å². The van der Waals surface area contributed by atoms with Crippen molar-refractivity contribution in [3.05, 3.63) is 53.4 Å². The highest BCUT2D eigenvalue weighted by Crippen LogP contribution is 2.31. The number of ether oxygens (including phenoxy) is 1. The number of amides is 1. The van der Waals surface area contributed by atoms with Gasteiger partial charge in [0.2, 0.25) is 11.7 Å². The van der Waals surface area contributed by atoms with Crippen molar-refractivity contribution in [2.75, 3.05) is 18.2 Å². The molecule has 1 N–H and O–H groups in total. The number of carbonyl (C=O) groups excluding carboxylic acids is 1. The molecular formula is C15H10F5NO2S. The first-order valence-corrected chi connectivity index (χ1v) is 7.42. The van der Waals surface area contributed by atoms with E-state index in [2.05, 4.69) is 5.32 Å². The standard InChI is InChI=1S/C15H10F5NO2S/c1-23-8-5-3-2-4-7(8)21-9(22)6-24-15-13(19)11(17)10(16)12(18)14(15)20/h2-5H,6H2,1H3,(H,21,22). The lowest BCUT2D eigenvalue weighted by Crippen LogP contribution is -2.15. The normalized spacial score (nSPS) is 10.6. The Kier molecular flexibility index (Phi) is 5.66. The van der Waals surface area contributed by atoms with Crippen LogP contribution in [0.15, 0.2) is 29.2 Å². The van der Waals surface area contributed by atoms with E-state index in [0.717, 1.165) is 0 Å². The smallest absolute Gasteiger partial charge is 0.234 e. The fourth-order valence-electron chi connectivity index (χ4n) is 1.78. The van der Waals surface area contributed by atoms with Crippen LogP contribution in [0.4, 0.5) is 27.6 Å². The maximum Gasteiger partial charge on any atom is 0.234 e. The van der Waals surface area contributed by atoms with Crippen LogP contribution in [0, 0.1) is 29.1 Å². The van der Waals surface area contributed by atoms with Gasteiger partial charge in [-0.15, -0.1) is 11.8 Å². The number of methoxy groups -OCH3 is 1. The van der Waals surface area contributed by atoms with Crippen LogP contribution in [-0.2, 0) is 4.79 Å². The van der Waals surface area contributed by atoms with E-state index in [4.69, 9.17) is 4.74 Å². The number of nitrogens with one attached hydrogen (secondary N) is 1. The van der Waals surface area contributed by atoms with Crippen molar-refractivity contribution >= 4 is 23.4 Å². The van der Waals surface area contributed by atoms with Crippen molar-refractivity contribution in [1.29, 1.82) is 0 Å². The van der Waals surface area contributed by atoms with Gasteiger partial charge in [0, 0.05) is 0 Å². The zero-order valence-corrected chi connectivity index (χ0v) is 12.9. The van der Waals surface area contributed by atoms with Crippen LogP contribution in [0.5, 0.6) is 5.75 Å². The zero-order chi connectivity index (χ0) is 17.9. The van der Waals surface area contributed by atoms with Gasteiger partial charge in [0.1, 0.15) is 5.75 Å². The van der Waals surface area contributed by atoms with Gasteiger partial charge in [-0.2, -0.15) is 0 Å². The third-order valence-corrected chi connectivity index (χ3v) is 3.95. The van der Waals surface area contributed by atoms with E-state index in [-0.39, 0.29) is 11.8 Å². The number of halogens is 5. The third-order valence-electron chi connectivity index (χ3n) is 2.90. The van der Waals surface area contributed by atoms with Crippen molar-refractivity contribution in [1.82, 2.24) is 0 Å². The molecule has 0 bridgehead atoms. The summed E-state index contributed by atoms with van der Waals surface area (Å²) in [6, 6.07) is 6.39. The van der Waals surface area contributed by atoms with Gasteiger partial charge < -0.3 is 10.1 Å². The summed E-state index contributed by atoms with van der Waals surface area (Å²) in [7, 11) is 1.38. The van der Waals surface area contributed by atoms with Crippen molar-refractivity contribution in [2.24, 2.45) is 0 Å². The van der Waals surface area contributed by atoms with Crippen LogP contribution in [0.2, 0.25) is 0 Å². The van der Waals surface area contributed by atoms with Gasteiger partial charge in [-0.25, -0.2) is 22.0 Å². The Morgan fingerprint density at radius 3 is 2.12 bits per heavy atom. The van der Waals surface area contributed by atoms with Gasteiger partial charge in [-0.3, -0.25) is 4.79 Å². The Morgan fingerprint density at radius 2 is 1.54 bits per heavy atom. The lowest BCUT2D eigenvalue weighted by molar-refractivity contribution is -0.113. The summed E-state index contributed by atoms with van der Waals surface area (Å²) in [6.45, 7) is 0. The van der Waals surface area contributed by atoms with E-state index in [9.17, 15) is 26.7 Å². The molecule has 0 heterocycles. The predicted octanol–water partition coefficient (Wildman–Crippen LogP) is 4.12. The van der Waals surface area contributed by atoms with E-state index in [1.165, 1.54) is 13.2 Å². The molecule has 0 aliphatic rings. The number of hydrogen-bond donors (Lipinski definition) is 1. The second-order valence-corrected chi connectivity index (χ2v) is 5.42. The highest BCUT2D eigenvalue weighted by Gasteiger charge is 2.26. The average molecular weight is 363 g/mol. The molecule has 3 nitrogen and oxygen atoms in total. The van der Waals surface area contributed by atoms with E-state index < -0.39 is 45.6 Å². The first kappa shape index (κ1) is 18.1. The summed E-state index contributed by atoms with van der Waals surface area (Å²) in [5.41, 5.74) is 0.308. The molecule has 0 atom stereocenters. The number of benzene rings is 2. The largest absolute Gasteiger partial charge is 0.495 e. The van der Waals surface area contributed by atoms with Crippen molar-refractivity contribution in [2.45, 2.75) is 4.90 Å². The van der Waals surface area contributed by atoms with E-state index in [1.54, 1.807) is 18.2 Å². The molecular weight excluding hydrogens is 353 g/mol. The minimum Gasteiger partial charge on any atom is -0.495 e. The van der Waals surface area contributed by atoms with E-state index >= 15 is 0 Å². The number of rotatable bonds is 5. The summed E-state index contributed by atoms with van der Waals surface area (Å²) in [5, 5.41) is 2.42. The first-order chi connectivity index (χ1) is 11.4. The average Bonchev–Trinajstić information content (AvgIpc) is 2.58. The highest BCUT2D eigenvalue weighted by molar-refractivity contribution is 8.00. The molecule has 0 radical (unpaired) electrons. The molecule has 2 rings (SSSR count). The van der Waals surface area contributed by atoms with Gasteiger partial charge in [0.05, 0.1) is 23.4 Å². The number of para-hydroxylation sites is 2. The van der Waals surface area contributed by atoms with Crippen molar-refractivity contribution in [3.8, 4) is 5.75 Å². The Balaban J connectivity index is 2.13. The summed E-state index contributed by atoms with van der Waals surface area (Å²) >= 11 is 0.202. The van der Waals surface area contributed by atoms with Crippen LogP contribution in [0.25, 0.3) is 0 Å². The second kappa shape index (κ2) is 7.52. The van der Waals surface area contributed by atoms with Crippen LogP contribution in [-0.4, -0.2) is 18.8 Å².